The van der Waals surface area contributed by atoms with E-state index in [0.717, 1.165) is 11.1 Å². The number of nitrogens with zero attached hydrogens (tertiary/aromatic N) is 1. The lowest BCUT2D eigenvalue weighted by atomic mass is 10.1. The third-order valence-electron chi connectivity index (χ3n) is 4.02. The number of amides is 2. The van der Waals surface area contributed by atoms with E-state index in [1.807, 2.05) is 0 Å². The topological polar surface area (TPSA) is 49.4 Å². The number of likely N-dealkylation sites (N-methyl/N-ethyl adjacent to an activating group) is 1. The van der Waals surface area contributed by atoms with Crippen molar-refractivity contribution in [2.75, 3.05) is 7.05 Å². The zero-order valence-corrected chi connectivity index (χ0v) is 16.7. The van der Waals surface area contributed by atoms with Gasteiger partial charge in [-0.15, -0.1) is 0 Å². The van der Waals surface area contributed by atoms with Crippen molar-refractivity contribution >= 4 is 46.6 Å². The summed E-state index contributed by atoms with van der Waals surface area (Å²) in [6.07, 6.45) is 0.166. The zero-order chi connectivity index (χ0) is 19.3. The second-order valence-corrected chi connectivity index (χ2v) is 7.11. The summed E-state index contributed by atoms with van der Waals surface area (Å²) >= 11 is 17.9. The van der Waals surface area contributed by atoms with E-state index >= 15 is 0 Å². The Morgan fingerprint density at radius 3 is 2.19 bits per heavy atom. The van der Waals surface area contributed by atoms with E-state index in [0.29, 0.717) is 15.1 Å². The van der Waals surface area contributed by atoms with E-state index < -0.39 is 6.04 Å². The molecule has 0 aromatic heterocycles. The Kier molecular flexibility index (Phi) is 7.33. The molecule has 0 aliphatic heterocycles. The van der Waals surface area contributed by atoms with Crippen molar-refractivity contribution in [2.45, 2.75) is 25.9 Å². The molecule has 2 rings (SSSR count). The first-order valence-corrected chi connectivity index (χ1v) is 9.14. The van der Waals surface area contributed by atoms with Crippen LogP contribution in [0.4, 0.5) is 0 Å². The molecular weight excluding hydrogens is 395 g/mol. The van der Waals surface area contributed by atoms with Crippen molar-refractivity contribution in [1.29, 1.82) is 0 Å². The van der Waals surface area contributed by atoms with Crippen molar-refractivity contribution in [3.05, 3.63) is 68.7 Å². The van der Waals surface area contributed by atoms with Gasteiger partial charge in [0.2, 0.25) is 11.8 Å². The predicted molar refractivity (Wildman–Crippen MR) is 106 cm³/mol. The first kappa shape index (κ1) is 20.6. The Balaban J connectivity index is 2.24. The summed E-state index contributed by atoms with van der Waals surface area (Å²) in [5.74, 6) is -0.413. The summed E-state index contributed by atoms with van der Waals surface area (Å²) in [7, 11) is 1.54. The molecule has 1 unspecified atom stereocenters. The van der Waals surface area contributed by atoms with Gasteiger partial charge in [-0.1, -0.05) is 53.0 Å². The molecule has 4 nitrogen and oxygen atoms in total. The average molecular weight is 414 g/mol. The maximum absolute atomic E-state index is 12.9. The number of halogens is 3. The molecule has 0 heterocycles. The maximum atomic E-state index is 12.9. The molecule has 0 radical (unpaired) electrons. The Hall–Kier alpha value is -1.75. The monoisotopic (exact) mass is 412 g/mol. The largest absolute Gasteiger partial charge is 0.357 e. The molecule has 2 aromatic carbocycles. The van der Waals surface area contributed by atoms with E-state index in [9.17, 15) is 9.59 Å². The number of hydrogen-bond donors (Lipinski definition) is 1. The Morgan fingerprint density at radius 2 is 1.62 bits per heavy atom. The first-order chi connectivity index (χ1) is 12.3. The van der Waals surface area contributed by atoms with E-state index in [-0.39, 0.29) is 24.8 Å². The molecule has 0 saturated heterocycles. The van der Waals surface area contributed by atoms with Crippen LogP contribution in [0.5, 0.6) is 0 Å². The smallest absolute Gasteiger partial charge is 0.242 e. The molecule has 1 N–H and O–H groups in total. The van der Waals surface area contributed by atoms with Crippen molar-refractivity contribution in [3.63, 3.8) is 0 Å². The lowest BCUT2D eigenvalue weighted by molar-refractivity contribution is -0.139. The van der Waals surface area contributed by atoms with Gasteiger partial charge in [-0.3, -0.25) is 9.59 Å². The molecule has 0 saturated carbocycles. The number of carbonyl (C=O) groups excluding carboxylic acids is 2. The van der Waals surface area contributed by atoms with Crippen LogP contribution in [-0.4, -0.2) is 29.8 Å². The van der Waals surface area contributed by atoms with E-state index in [2.05, 4.69) is 5.32 Å². The van der Waals surface area contributed by atoms with Crippen molar-refractivity contribution in [3.8, 4) is 0 Å². The minimum Gasteiger partial charge on any atom is -0.357 e. The summed E-state index contributed by atoms with van der Waals surface area (Å²) in [5.41, 5.74) is 1.61. The molecule has 2 aromatic rings. The highest BCUT2D eigenvalue weighted by molar-refractivity contribution is 6.42. The third kappa shape index (κ3) is 5.37. The average Bonchev–Trinajstić information content (AvgIpc) is 2.63. The minimum atomic E-state index is -0.630. The summed E-state index contributed by atoms with van der Waals surface area (Å²) in [5, 5.41) is 4.03. The molecule has 0 aliphatic rings. The van der Waals surface area contributed by atoms with Crippen LogP contribution in [0, 0.1) is 0 Å². The Bertz CT molecular complexity index is 794. The SMILES string of the molecule is CNC(=O)C(C)N(Cc1ccc(Cl)c(Cl)c1)C(=O)Cc1ccc(Cl)cc1. The molecule has 0 bridgehead atoms. The normalized spacial score (nSPS) is 11.7. The van der Waals surface area contributed by atoms with E-state index in [4.69, 9.17) is 34.8 Å². The summed E-state index contributed by atoms with van der Waals surface area (Å²) in [6, 6.07) is 11.6. The molecule has 0 aliphatic carbocycles. The third-order valence-corrected chi connectivity index (χ3v) is 5.01. The lowest BCUT2D eigenvalue weighted by Crippen LogP contribution is -2.47. The fourth-order valence-electron chi connectivity index (χ4n) is 2.50. The van der Waals surface area contributed by atoms with Gasteiger partial charge in [0.05, 0.1) is 16.5 Å². The van der Waals surface area contributed by atoms with Gasteiger partial charge in [0.25, 0.3) is 0 Å². The minimum absolute atomic E-state index is 0.166. The van der Waals surface area contributed by atoms with E-state index in [1.54, 1.807) is 56.4 Å². The van der Waals surface area contributed by atoms with Gasteiger partial charge in [0.1, 0.15) is 6.04 Å². The van der Waals surface area contributed by atoms with Gasteiger partial charge >= 0.3 is 0 Å². The van der Waals surface area contributed by atoms with Crippen LogP contribution in [0.3, 0.4) is 0 Å². The highest BCUT2D eigenvalue weighted by atomic mass is 35.5. The van der Waals surface area contributed by atoms with Gasteiger partial charge in [-0.25, -0.2) is 0 Å². The lowest BCUT2D eigenvalue weighted by Gasteiger charge is -2.28. The molecule has 7 heteroatoms. The van der Waals surface area contributed by atoms with Crippen LogP contribution in [0.2, 0.25) is 15.1 Å². The van der Waals surface area contributed by atoms with Gasteiger partial charge in [-0.05, 0) is 42.3 Å². The molecule has 0 spiro atoms. The number of nitrogens with one attached hydrogen (secondary N) is 1. The molecule has 1 atom stereocenters. The van der Waals surface area contributed by atoms with Crippen molar-refractivity contribution in [2.24, 2.45) is 0 Å². The fraction of sp³-hybridized carbons (Fsp3) is 0.263. The standard InChI is InChI=1S/C19H19Cl3N2O2/c1-12(19(26)23-2)24(11-14-5-8-16(21)17(22)9-14)18(25)10-13-3-6-15(20)7-4-13/h3-9,12H,10-11H2,1-2H3,(H,23,26). The Labute approximate surface area is 168 Å². The molecule has 138 valence electrons. The Morgan fingerprint density at radius 1 is 1.00 bits per heavy atom. The highest BCUT2D eigenvalue weighted by Crippen LogP contribution is 2.24. The van der Waals surface area contributed by atoms with Gasteiger partial charge in [0, 0.05) is 18.6 Å². The van der Waals surface area contributed by atoms with Crippen LogP contribution in [0.15, 0.2) is 42.5 Å². The second-order valence-electron chi connectivity index (χ2n) is 5.86. The summed E-state index contributed by atoms with van der Waals surface area (Å²) in [6.45, 7) is 1.94. The first-order valence-electron chi connectivity index (χ1n) is 8.01. The van der Waals surface area contributed by atoms with Crippen LogP contribution in [0.1, 0.15) is 18.1 Å². The maximum Gasteiger partial charge on any atom is 0.242 e. The zero-order valence-electron chi connectivity index (χ0n) is 14.4. The highest BCUT2D eigenvalue weighted by Gasteiger charge is 2.25. The predicted octanol–water partition coefficient (Wildman–Crippen LogP) is 4.35. The van der Waals surface area contributed by atoms with Crippen LogP contribution in [0.25, 0.3) is 0 Å². The van der Waals surface area contributed by atoms with Gasteiger partial charge < -0.3 is 10.2 Å². The van der Waals surface area contributed by atoms with E-state index in [1.165, 1.54) is 4.90 Å². The van der Waals surface area contributed by atoms with Gasteiger partial charge in [0.15, 0.2) is 0 Å². The van der Waals surface area contributed by atoms with Crippen LogP contribution >= 0.6 is 34.8 Å². The molecule has 2 amide bonds. The number of hydrogen-bond acceptors (Lipinski definition) is 2. The molecule has 26 heavy (non-hydrogen) atoms. The molecule has 0 fully saturated rings. The molecular formula is C19H19Cl3N2O2. The number of rotatable bonds is 6. The van der Waals surface area contributed by atoms with Crippen LogP contribution < -0.4 is 5.32 Å². The second kappa shape index (κ2) is 9.26. The summed E-state index contributed by atoms with van der Waals surface area (Å²) < 4.78 is 0. The number of benzene rings is 2. The van der Waals surface area contributed by atoms with Crippen molar-refractivity contribution < 1.29 is 9.59 Å². The number of carbonyl (C=O) groups is 2. The summed E-state index contributed by atoms with van der Waals surface area (Å²) in [4.78, 5) is 26.5. The fourth-order valence-corrected chi connectivity index (χ4v) is 2.95. The van der Waals surface area contributed by atoms with Crippen LogP contribution in [-0.2, 0) is 22.6 Å². The quantitative estimate of drug-likeness (QED) is 0.765. The van der Waals surface area contributed by atoms with Gasteiger partial charge in [-0.2, -0.15) is 0 Å². The van der Waals surface area contributed by atoms with Crippen molar-refractivity contribution in [1.82, 2.24) is 10.2 Å².